The van der Waals surface area contributed by atoms with Gasteiger partial charge >= 0.3 is 0 Å². The Hall–Kier alpha value is -2.25. The first-order valence-electron chi connectivity index (χ1n) is 7.42. The number of carbonyl (C=O) groups excluding carboxylic acids is 1. The van der Waals surface area contributed by atoms with Crippen LogP contribution in [0.25, 0.3) is 0 Å². The summed E-state index contributed by atoms with van der Waals surface area (Å²) in [4.78, 5) is 12.5. The van der Waals surface area contributed by atoms with Gasteiger partial charge in [-0.25, -0.2) is 8.42 Å². The highest BCUT2D eigenvalue weighted by atomic mass is 35.5. The number of amides is 1. The second kappa shape index (κ2) is 7.76. The number of methoxy groups -OCH3 is 1. The zero-order chi connectivity index (χ0) is 18.6. The summed E-state index contributed by atoms with van der Waals surface area (Å²) < 4.78 is 30.7. The summed E-state index contributed by atoms with van der Waals surface area (Å²) in [6, 6.07) is 12.1. The molecule has 134 valence electrons. The number of halogens is 1. The van der Waals surface area contributed by atoms with Gasteiger partial charge < -0.3 is 10.1 Å². The molecule has 0 saturated carbocycles. The monoisotopic (exact) mass is 382 g/mol. The number of hydrogen-bond donors (Lipinski definition) is 1. The van der Waals surface area contributed by atoms with Crippen molar-refractivity contribution in [2.24, 2.45) is 0 Å². The molecule has 0 radical (unpaired) electrons. The van der Waals surface area contributed by atoms with E-state index in [0.717, 1.165) is 10.6 Å². The molecular weight excluding hydrogens is 364 g/mol. The Kier molecular flexibility index (Phi) is 5.92. The average molecular weight is 383 g/mol. The Labute approximate surface area is 152 Å². The molecule has 1 N–H and O–H groups in total. The molecule has 0 spiro atoms. The van der Waals surface area contributed by atoms with E-state index in [1.54, 1.807) is 48.5 Å². The smallest absolute Gasteiger partial charge is 0.247 e. The predicted molar refractivity (Wildman–Crippen MR) is 99.9 cm³/mol. The second-order valence-corrected chi connectivity index (χ2v) is 7.73. The molecule has 0 aliphatic rings. The molecule has 0 saturated heterocycles. The number of rotatable bonds is 6. The summed E-state index contributed by atoms with van der Waals surface area (Å²) in [5.74, 6) is 0.0343. The van der Waals surface area contributed by atoms with Gasteiger partial charge in [-0.1, -0.05) is 17.7 Å². The number of hydrogen-bond acceptors (Lipinski definition) is 4. The van der Waals surface area contributed by atoms with Gasteiger partial charge in [0.05, 0.1) is 19.1 Å². The molecule has 1 amide bonds. The highest BCUT2D eigenvalue weighted by Crippen LogP contribution is 2.25. The molecule has 2 aromatic carbocycles. The Morgan fingerprint density at radius 2 is 1.84 bits per heavy atom. The van der Waals surface area contributed by atoms with Crippen LogP contribution in [0.2, 0.25) is 5.02 Å². The molecule has 0 aromatic heterocycles. The molecule has 0 aliphatic carbocycles. The first-order chi connectivity index (χ1) is 11.7. The van der Waals surface area contributed by atoms with Crippen LogP contribution in [-0.4, -0.2) is 33.7 Å². The van der Waals surface area contributed by atoms with E-state index >= 15 is 0 Å². The Balaban J connectivity index is 2.30. The van der Waals surface area contributed by atoms with E-state index in [4.69, 9.17) is 16.3 Å². The fraction of sp³-hybridized carbons (Fsp3) is 0.235. The van der Waals surface area contributed by atoms with Crippen LogP contribution in [0, 0.1) is 0 Å². The summed E-state index contributed by atoms with van der Waals surface area (Å²) in [6.45, 7) is 1.52. The van der Waals surface area contributed by atoms with Crippen molar-refractivity contribution in [1.82, 2.24) is 0 Å². The number of nitrogens with zero attached hydrogens (tertiary/aromatic N) is 1. The summed E-state index contributed by atoms with van der Waals surface area (Å²) in [5.41, 5.74) is 0.876. The normalized spacial score (nSPS) is 12.3. The van der Waals surface area contributed by atoms with Gasteiger partial charge in [0.15, 0.2) is 0 Å². The van der Waals surface area contributed by atoms with Gasteiger partial charge in [-0.05, 0) is 43.3 Å². The lowest BCUT2D eigenvalue weighted by Crippen LogP contribution is -2.45. The highest BCUT2D eigenvalue weighted by molar-refractivity contribution is 7.92. The van der Waals surface area contributed by atoms with Crippen LogP contribution in [-0.2, 0) is 14.8 Å². The van der Waals surface area contributed by atoms with Crippen molar-refractivity contribution in [3.05, 3.63) is 53.6 Å². The van der Waals surface area contributed by atoms with E-state index in [2.05, 4.69) is 5.32 Å². The van der Waals surface area contributed by atoms with Crippen molar-refractivity contribution in [3.8, 4) is 5.75 Å². The molecule has 2 aromatic rings. The SMILES string of the molecule is COc1cccc(N([C@@H](C)C(=O)Nc2ccc(Cl)cc2)S(C)(=O)=O)c1. The van der Waals surface area contributed by atoms with Gasteiger partial charge in [-0.2, -0.15) is 0 Å². The minimum Gasteiger partial charge on any atom is -0.497 e. The van der Waals surface area contributed by atoms with Gasteiger partial charge in [0, 0.05) is 16.8 Å². The van der Waals surface area contributed by atoms with Crippen molar-refractivity contribution in [3.63, 3.8) is 0 Å². The summed E-state index contributed by atoms with van der Waals surface area (Å²) in [5, 5.41) is 3.23. The topological polar surface area (TPSA) is 75.7 Å². The lowest BCUT2D eigenvalue weighted by Gasteiger charge is -2.28. The predicted octanol–water partition coefficient (Wildman–Crippen LogP) is 3.14. The van der Waals surface area contributed by atoms with Gasteiger partial charge in [-0.15, -0.1) is 0 Å². The number of ether oxygens (including phenoxy) is 1. The Morgan fingerprint density at radius 1 is 1.20 bits per heavy atom. The van der Waals surface area contributed by atoms with E-state index in [1.165, 1.54) is 14.0 Å². The van der Waals surface area contributed by atoms with Crippen molar-refractivity contribution < 1.29 is 17.9 Å². The summed E-state index contributed by atoms with van der Waals surface area (Å²) >= 11 is 5.82. The molecular formula is C17H19ClN2O4S. The van der Waals surface area contributed by atoms with Gasteiger partial charge in [0.25, 0.3) is 0 Å². The maximum Gasteiger partial charge on any atom is 0.247 e. The third kappa shape index (κ3) is 4.87. The Morgan fingerprint density at radius 3 is 2.40 bits per heavy atom. The van der Waals surface area contributed by atoms with Gasteiger partial charge in [0.2, 0.25) is 15.9 Å². The number of sulfonamides is 1. The number of carbonyl (C=O) groups is 1. The molecule has 6 nitrogen and oxygen atoms in total. The lowest BCUT2D eigenvalue weighted by atomic mass is 10.2. The fourth-order valence-corrected chi connectivity index (χ4v) is 3.63. The van der Waals surface area contributed by atoms with Crippen LogP contribution in [0.3, 0.4) is 0 Å². The quantitative estimate of drug-likeness (QED) is 0.832. The third-order valence-electron chi connectivity index (χ3n) is 3.51. The van der Waals surface area contributed by atoms with Gasteiger partial charge in [0.1, 0.15) is 11.8 Å². The van der Waals surface area contributed by atoms with Crippen LogP contribution in [0.4, 0.5) is 11.4 Å². The van der Waals surface area contributed by atoms with Crippen LogP contribution >= 0.6 is 11.6 Å². The van der Waals surface area contributed by atoms with E-state index < -0.39 is 22.0 Å². The van der Waals surface area contributed by atoms with Crippen LogP contribution in [0.5, 0.6) is 5.75 Å². The zero-order valence-electron chi connectivity index (χ0n) is 14.1. The average Bonchev–Trinajstić information content (AvgIpc) is 2.56. The molecule has 0 heterocycles. The molecule has 25 heavy (non-hydrogen) atoms. The first-order valence-corrected chi connectivity index (χ1v) is 9.65. The maximum absolute atomic E-state index is 12.5. The number of nitrogens with one attached hydrogen (secondary N) is 1. The summed E-state index contributed by atoms with van der Waals surface area (Å²) in [6.07, 6.45) is 1.05. The minimum absolute atomic E-state index is 0.348. The zero-order valence-corrected chi connectivity index (χ0v) is 15.6. The lowest BCUT2D eigenvalue weighted by molar-refractivity contribution is -0.116. The Bertz CT molecular complexity index is 853. The number of anilines is 2. The maximum atomic E-state index is 12.5. The van der Waals surface area contributed by atoms with Crippen LogP contribution in [0.1, 0.15) is 6.92 Å². The number of benzene rings is 2. The van der Waals surface area contributed by atoms with Crippen molar-refractivity contribution in [2.45, 2.75) is 13.0 Å². The first kappa shape index (κ1) is 19.1. The molecule has 0 aliphatic heterocycles. The van der Waals surface area contributed by atoms with Crippen LogP contribution < -0.4 is 14.4 Å². The van der Waals surface area contributed by atoms with Crippen LogP contribution in [0.15, 0.2) is 48.5 Å². The molecule has 1 atom stereocenters. The van der Waals surface area contributed by atoms with Crippen molar-refractivity contribution in [2.75, 3.05) is 23.0 Å². The van der Waals surface area contributed by atoms with E-state index in [9.17, 15) is 13.2 Å². The van der Waals surface area contributed by atoms with Gasteiger partial charge in [-0.3, -0.25) is 9.10 Å². The fourth-order valence-electron chi connectivity index (χ4n) is 2.34. The van der Waals surface area contributed by atoms with E-state index in [0.29, 0.717) is 22.1 Å². The largest absolute Gasteiger partial charge is 0.497 e. The molecule has 8 heteroatoms. The third-order valence-corrected chi connectivity index (χ3v) is 5.00. The molecule has 0 fully saturated rings. The van der Waals surface area contributed by atoms with E-state index in [1.807, 2.05) is 0 Å². The molecule has 2 rings (SSSR count). The molecule has 0 unspecified atom stereocenters. The second-order valence-electron chi connectivity index (χ2n) is 5.43. The summed E-state index contributed by atoms with van der Waals surface area (Å²) in [7, 11) is -2.20. The van der Waals surface area contributed by atoms with E-state index in [-0.39, 0.29) is 0 Å². The van der Waals surface area contributed by atoms with Crippen molar-refractivity contribution >= 4 is 38.9 Å². The standard InChI is InChI=1S/C17H19ClN2O4S/c1-12(17(21)19-14-9-7-13(18)8-10-14)20(25(3,22)23)15-5-4-6-16(11-15)24-2/h4-12H,1-3H3,(H,19,21)/t12-/m0/s1. The van der Waals surface area contributed by atoms with Crippen molar-refractivity contribution in [1.29, 1.82) is 0 Å². The molecule has 0 bridgehead atoms. The minimum atomic E-state index is -3.69. The highest BCUT2D eigenvalue weighted by Gasteiger charge is 2.29.